The number of hydrogen-bond acceptors (Lipinski definition) is 6. The Morgan fingerprint density at radius 2 is 1.83 bits per heavy atom. The van der Waals surface area contributed by atoms with E-state index in [1.807, 2.05) is 0 Å². The van der Waals surface area contributed by atoms with Gasteiger partial charge in [-0.05, 0) is 36.4 Å². The van der Waals surface area contributed by atoms with Gasteiger partial charge in [0.1, 0.15) is 17.1 Å². The molecule has 2 aromatic carbocycles. The zero-order valence-corrected chi connectivity index (χ0v) is 15.4. The highest BCUT2D eigenvalue weighted by molar-refractivity contribution is 5.95. The van der Waals surface area contributed by atoms with Crippen LogP contribution in [0, 0.1) is 5.82 Å². The highest BCUT2D eigenvalue weighted by atomic mass is 19.1. The fourth-order valence-corrected chi connectivity index (χ4v) is 2.52. The van der Waals surface area contributed by atoms with E-state index in [9.17, 15) is 18.8 Å². The van der Waals surface area contributed by atoms with E-state index in [0.29, 0.717) is 16.9 Å². The summed E-state index contributed by atoms with van der Waals surface area (Å²) in [5.74, 6) is -1.86. The normalized spacial score (nSPS) is 10.4. The molecule has 0 saturated heterocycles. The van der Waals surface area contributed by atoms with Crippen LogP contribution in [0.2, 0.25) is 0 Å². The first-order valence-corrected chi connectivity index (χ1v) is 8.51. The van der Waals surface area contributed by atoms with Gasteiger partial charge in [0, 0.05) is 22.6 Å². The summed E-state index contributed by atoms with van der Waals surface area (Å²) >= 11 is 0. The molecule has 150 valence electrons. The number of benzene rings is 2. The fourth-order valence-electron chi connectivity index (χ4n) is 2.52. The van der Waals surface area contributed by atoms with Crippen LogP contribution < -0.4 is 15.6 Å². The summed E-state index contributed by atoms with van der Waals surface area (Å²) in [5, 5.41) is 0.735. The second-order valence-electron chi connectivity index (χ2n) is 5.97. The monoisotopic (exact) mass is 400 g/mol. The first kappa shape index (κ1) is 19.9. The molecule has 0 unspecified atom stereocenters. The molecule has 3 aromatic rings. The maximum absolute atomic E-state index is 12.8. The molecule has 0 aliphatic heterocycles. The van der Waals surface area contributed by atoms with Gasteiger partial charge in [0.15, 0.2) is 6.61 Å². The lowest BCUT2D eigenvalue weighted by Crippen LogP contribution is -2.43. The molecule has 0 bridgehead atoms. The van der Waals surface area contributed by atoms with Crippen molar-refractivity contribution < 1.29 is 32.7 Å². The van der Waals surface area contributed by atoms with Crippen LogP contribution >= 0.6 is 0 Å². The maximum Gasteiger partial charge on any atom is 0.310 e. The lowest BCUT2D eigenvalue weighted by Gasteiger charge is -2.08. The Balaban J connectivity index is 1.46. The van der Waals surface area contributed by atoms with E-state index in [2.05, 4.69) is 10.9 Å². The molecule has 1 aromatic heterocycles. The van der Waals surface area contributed by atoms with E-state index >= 15 is 0 Å². The van der Waals surface area contributed by atoms with Gasteiger partial charge in [-0.25, -0.2) is 4.39 Å². The molecule has 0 saturated carbocycles. The summed E-state index contributed by atoms with van der Waals surface area (Å²) in [6, 6.07) is 9.97. The van der Waals surface area contributed by atoms with Gasteiger partial charge in [0.2, 0.25) is 0 Å². The molecule has 0 spiro atoms. The summed E-state index contributed by atoms with van der Waals surface area (Å²) in [5.41, 5.74) is 5.59. The van der Waals surface area contributed by atoms with Crippen molar-refractivity contribution in [2.24, 2.45) is 0 Å². The number of carbonyl (C=O) groups is 3. The predicted octanol–water partition coefficient (Wildman–Crippen LogP) is 2.13. The zero-order valence-electron chi connectivity index (χ0n) is 15.4. The van der Waals surface area contributed by atoms with Crippen molar-refractivity contribution in [3.8, 4) is 5.75 Å². The number of carbonyl (C=O) groups excluding carboxylic acids is 3. The van der Waals surface area contributed by atoms with Crippen LogP contribution in [0.3, 0.4) is 0 Å². The number of halogens is 1. The lowest BCUT2D eigenvalue weighted by molar-refractivity contribution is -0.148. The number of fused-ring (bicyclic) bond motifs is 1. The van der Waals surface area contributed by atoms with Crippen LogP contribution in [0.1, 0.15) is 15.9 Å². The number of furan rings is 1. The van der Waals surface area contributed by atoms with Gasteiger partial charge in [0.25, 0.3) is 11.8 Å². The summed E-state index contributed by atoms with van der Waals surface area (Å²) < 4.78 is 28.2. The SMILES string of the molecule is COc1ccc2c(CC(=O)OCC(=O)NNC(=O)c3ccc(F)cc3)coc2c1. The topological polar surface area (TPSA) is 107 Å². The van der Waals surface area contributed by atoms with Crippen LogP contribution in [-0.2, 0) is 20.7 Å². The molecule has 3 rings (SSSR count). The molecule has 0 atom stereocenters. The van der Waals surface area contributed by atoms with Crippen molar-refractivity contribution in [2.45, 2.75) is 6.42 Å². The summed E-state index contributed by atoms with van der Waals surface area (Å²) in [7, 11) is 1.54. The van der Waals surface area contributed by atoms with E-state index in [0.717, 1.165) is 17.5 Å². The maximum atomic E-state index is 12.8. The Morgan fingerprint density at radius 1 is 1.07 bits per heavy atom. The molecule has 2 amide bonds. The third kappa shape index (κ3) is 5.10. The second kappa shape index (κ2) is 8.87. The minimum Gasteiger partial charge on any atom is -0.497 e. The third-order valence-electron chi connectivity index (χ3n) is 3.98. The molecule has 2 N–H and O–H groups in total. The first-order valence-electron chi connectivity index (χ1n) is 8.51. The van der Waals surface area contributed by atoms with Crippen molar-refractivity contribution in [2.75, 3.05) is 13.7 Å². The number of nitrogens with one attached hydrogen (secondary N) is 2. The number of ether oxygens (including phenoxy) is 2. The van der Waals surface area contributed by atoms with Crippen LogP contribution in [0.25, 0.3) is 11.0 Å². The van der Waals surface area contributed by atoms with Gasteiger partial charge in [-0.2, -0.15) is 0 Å². The second-order valence-corrected chi connectivity index (χ2v) is 5.97. The average molecular weight is 400 g/mol. The Morgan fingerprint density at radius 3 is 2.55 bits per heavy atom. The Hall–Kier alpha value is -3.88. The van der Waals surface area contributed by atoms with Gasteiger partial charge in [-0.1, -0.05) is 0 Å². The standard InChI is InChI=1S/C20H17FN2O6/c1-27-15-6-7-16-13(10-28-17(16)9-15)8-19(25)29-11-18(24)22-23-20(26)12-2-4-14(21)5-3-12/h2-7,9-10H,8,11H2,1H3,(H,22,24)(H,23,26). The van der Waals surface area contributed by atoms with E-state index in [-0.39, 0.29) is 12.0 Å². The number of rotatable bonds is 6. The van der Waals surface area contributed by atoms with E-state index in [1.165, 1.54) is 25.5 Å². The predicted molar refractivity (Wildman–Crippen MR) is 99.4 cm³/mol. The zero-order chi connectivity index (χ0) is 20.8. The number of amides is 2. The average Bonchev–Trinajstić information content (AvgIpc) is 3.12. The van der Waals surface area contributed by atoms with Gasteiger partial charge in [-0.3, -0.25) is 25.2 Å². The molecular weight excluding hydrogens is 383 g/mol. The molecular formula is C20H17FN2O6. The Kier molecular flexibility index (Phi) is 6.08. The molecule has 0 aliphatic carbocycles. The van der Waals surface area contributed by atoms with Gasteiger partial charge in [-0.15, -0.1) is 0 Å². The van der Waals surface area contributed by atoms with E-state index in [1.54, 1.807) is 18.2 Å². The van der Waals surface area contributed by atoms with Crippen molar-refractivity contribution in [3.05, 3.63) is 65.7 Å². The van der Waals surface area contributed by atoms with Crippen LogP contribution in [0.15, 0.2) is 53.1 Å². The molecule has 1 heterocycles. The van der Waals surface area contributed by atoms with Gasteiger partial charge in [0.05, 0.1) is 19.8 Å². The number of esters is 1. The van der Waals surface area contributed by atoms with E-state index < -0.39 is 30.2 Å². The number of methoxy groups -OCH3 is 1. The molecule has 0 radical (unpaired) electrons. The Bertz CT molecular complexity index is 1040. The number of hydrogen-bond donors (Lipinski definition) is 2. The van der Waals surface area contributed by atoms with Crippen molar-refractivity contribution >= 4 is 28.8 Å². The van der Waals surface area contributed by atoms with Crippen LogP contribution in [0.4, 0.5) is 4.39 Å². The molecule has 29 heavy (non-hydrogen) atoms. The highest BCUT2D eigenvalue weighted by Crippen LogP contribution is 2.26. The Labute approximate surface area is 164 Å². The third-order valence-corrected chi connectivity index (χ3v) is 3.98. The van der Waals surface area contributed by atoms with Gasteiger partial charge >= 0.3 is 5.97 Å². The molecule has 8 nitrogen and oxygen atoms in total. The van der Waals surface area contributed by atoms with Crippen molar-refractivity contribution in [3.63, 3.8) is 0 Å². The van der Waals surface area contributed by atoms with E-state index in [4.69, 9.17) is 13.9 Å². The van der Waals surface area contributed by atoms with Gasteiger partial charge < -0.3 is 13.9 Å². The molecule has 9 heteroatoms. The lowest BCUT2D eigenvalue weighted by atomic mass is 10.1. The summed E-state index contributed by atoms with van der Waals surface area (Å²) in [6.07, 6.45) is 1.35. The number of hydrazine groups is 1. The minimum atomic E-state index is -0.726. The van der Waals surface area contributed by atoms with Crippen LogP contribution in [0.5, 0.6) is 5.75 Å². The van der Waals surface area contributed by atoms with Crippen LogP contribution in [-0.4, -0.2) is 31.5 Å². The van der Waals surface area contributed by atoms with Crippen molar-refractivity contribution in [1.82, 2.24) is 10.9 Å². The van der Waals surface area contributed by atoms with Crippen molar-refractivity contribution in [1.29, 1.82) is 0 Å². The smallest absolute Gasteiger partial charge is 0.310 e. The minimum absolute atomic E-state index is 0.0887. The fraction of sp³-hybridized carbons (Fsp3) is 0.150. The largest absolute Gasteiger partial charge is 0.497 e. The molecule has 0 fully saturated rings. The quantitative estimate of drug-likeness (QED) is 0.485. The summed E-state index contributed by atoms with van der Waals surface area (Å²) in [6.45, 7) is -0.577. The molecule has 0 aliphatic rings. The first-order chi connectivity index (χ1) is 14.0. The summed E-state index contributed by atoms with van der Waals surface area (Å²) in [4.78, 5) is 35.5. The highest BCUT2D eigenvalue weighted by Gasteiger charge is 2.14.